The van der Waals surface area contributed by atoms with Crippen molar-refractivity contribution in [2.24, 2.45) is 13.0 Å². The number of aromatic nitrogens is 4. The first-order valence-electron chi connectivity index (χ1n) is 14.3. The van der Waals surface area contributed by atoms with E-state index in [-0.39, 0.29) is 23.3 Å². The molecule has 0 atom stereocenters. The minimum Gasteiger partial charge on any atom is -0.495 e. The summed E-state index contributed by atoms with van der Waals surface area (Å²) in [6.07, 6.45) is 9.07. The van der Waals surface area contributed by atoms with Crippen LogP contribution in [0.4, 0.5) is 11.6 Å². The molecular formula is C31H35N7O4. The summed E-state index contributed by atoms with van der Waals surface area (Å²) in [5, 5.41) is 6.38. The van der Waals surface area contributed by atoms with Crippen molar-refractivity contribution in [1.29, 1.82) is 0 Å². The maximum Gasteiger partial charge on any atom is 0.293 e. The van der Waals surface area contributed by atoms with Crippen molar-refractivity contribution in [3.05, 3.63) is 64.8 Å². The molecule has 1 aliphatic heterocycles. The van der Waals surface area contributed by atoms with Crippen molar-refractivity contribution in [1.82, 2.24) is 29.7 Å². The number of hydrogen-bond acceptors (Lipinski definition) is 9. The highest BCUT2D eigenvalue weighted by atomic mass is 16.5. The summed E-state index contributed by atoms with van der Waals surface area (Å²) in [7, 11) is 5.34. The number of fused-ring (bicyclic) bond motifs is 1. The molecule has 2 N–H and O–H groups in total. The number of rotatable bonds is 9. The van der Waals surface area contributed by atoms with Crippen LogP contribution in [0.3, 0.4) is 0 Å². The fourth-order valence-corrected chi connectivity index (χ4v) is 5.22. The summed E-state index contributed by atoms with van der Waals surface area (Å²) in [6.45, 7) is 2.42. The van der Waals surface area contributed by atoms with E-state index >= 15 is 0 Å². The van der Waals surface area contributed by atoms with Gasteiger partial charge in [-0.05, 0) is 76.0 Å². The number of pyridine rings is 2. The summed E-state index contributed by atoms with van der Waals surface area (Å²) >= 11 is 0. The Labute approximate surface area is 243 Å². The quantitative estimate of drug-likeness (QED) is 0.310. The van der Waals surface area contributed by atoms with Gasteiger partial charge in [-0.3, -0.25) is 14.6 Å². The number of methoxy groups -OCH3 is 1. The molecule has 4 heterocycles. The van der Waals surface area contributed by atoms with Crippen LogP contribution in [0.5, 0.6) is 11.5 Å². The van der Waals surface area contributed by atoms with Crippen LogP contribution in [-0.4, -0.2) is 70.2 Å². The smallest absolute Gasteiger partial charge is 0.293 e. The Morgan fingerprint density at radius 3 is 2.62 bits per heavy atom. The van der Waals surface area contributed by atoms with E-state index in [1.165, 1.54) is 4.57 Å². The van der Waals surface area contributed by atoms with Gasteiger partial charge in [0.05, 0.1) is 36.7 Å². The predicted molar refractivity (Wildman–Crippen MR) is 160 cm³/mol. The monoisotopic (exact) mass is 569 g/mol. The third kappa shape index (κ3) is 5.78. The van der Waals surface area contributed by atoms with Crippen LogP contribution in [0, 0.1) is 5.92 Å². The van der Waals surface area contributed by atoms with Gasteiger partial charge in [0.15, 0.2) is 5.75 Å². The zero-order valence-corrected chi connectivity index (χ0v) is 24.1. The first-order chi connectivity index (χ1) is 20.4. The Hall–Kier alpha value is -4.51. The van der Waals surface area contributed by atoms with Gasteiger partial charge >= 0.3 is 0 Å². The summed E-state index contributed by atoms with van der Waals surface area (Å²) in [6, 6.07) is 9.11. The van der Waals surface area contributed by atoms with Crippen LogP contribution in [0.2, 0.25) is 0 Å². The molecule has 0 unspecified atom stereocenters. The van der Waals surface area contributed by atoms with Gasteiger partial charge in [0.1, 0.15) is 11.3 Å². The normalized spacial score (nSPS) is 15.9. The lowest BCUT2D eigenvalue weighted by Gasteiger charge is -2.29. The molecule has 0 spiro atoms. The van der Waals surface area contributed by atoms with E-state index in [1.54, 1.807) is 50.9 Å². The molecule has 1 amide bonds. The van der Waals surface area contributed by atoms with Gasteiger partial charge in [-0.1, -0.05) is 6.07 Å². The zero-order chi connectivity index (χ0) is 29.2. The van der Waals surface area contributed by atoms with E-state index in [0.717, 1.165) is 44.3 Å². The van der Waals surface area contributed by atoms with E-state index in [9.17, 15) is 9.59 Å². The molecular weight excluding hydrogens is 534 g/mol. The average molecular weight is 570 g/mol. The average Bonchev–Trinajstić information content (AvgIpc) is 3.84. The molecule has 0 radical (unpaired) electrons. The molecule has 11 heteroatoms. The SMILES string of the molecule is COc1cc(C(=O)NC2CCN(C)CC2)ccc1Nc1ncc2c(n1)c(-c1cccnc1)c(OCC1CC1)c(=O)n2C. The van der Waals surface area contributed by atoms with Gasteiger partial charge in [0, 0.05) is 36.6 Å². The Bertz CT molecular complexity index is 1660. The third-order valence-corrected chi connectivity index (χ3v) is 7.97. The molecule has 6 rings (SSSR count). The lowest BCUT2D eigenvalue weighted by atomic mass is 10.0. The minimum atomic E-state index is -0.248. The molecule has 2 aliphatic rings. The summed E-state index contributed by atoms with van der Waals surface area (Å²) in [4.78, 5) is 42.2. The number of carbonyl (C=O) groups is 1. The maximum atomic E-state index is 13.4. The molecule has 1 saturated carbocycles. The summed E-state index contributed by atoms with van der Waals surface area (Å²) in [5.41, 5.74) is 3.31. The van der Waals surface area contributed by atoms with E-state index < -0.39 is 0 Å². The lowest BCUT2D eigenvalue weighted by Crippen LogP contribution is -2.43. The number of amides is 1. The number of benzene rings is 1. The molecule has 42 heavy (non-hydrogen) atoms. The first kappa shape index (κ1) is 27.6. The summed E-state index contributed by atoms with van der Waals surface area (Å²) in [5.74, 6) is 1.39. The molecule has 0 bridgehead atoms. The molecule has 1 aromatic carbocycles. The van der Waals surface area contributed by atoms with E-state index in [1.807, 2.05) is 12.1 Å². The second-order valence-corrected chi connectivity index (χ2v) is 11.1. The largest absolute Gasteiger partial charge is 0.495 e. The highest BCUT2D eigenvalue weighted by molar-refractivity contribution is 5.96. The van der Waals surface area contributed by atoms with Crippen molar-refractivity contribution in [3.63, 3.8) is 0 Å². The summed E-state index contributed by atoms with van der Waals surface area (Å²) < 4.78 is 13.3. The van der Waals surface area contributed by atoms with Gasteiger partial charge in [-0.25, -0.2) is 9.97 Å². The number of likely N-dealkylation sites (tertiary alicyclic amines) is 1. The van der Waals surface area contributed by atoms with Gasteiger partial charge < -0.3 is 29.6 Å². The molecule has 1 aliphatic carbocycles. The molecule has 4 aromatic rings. The van der Waals surface area contributed by atoms with Crippen molar-refractivity contribution >= 4 is 28.6 Å². The number of hydrogen-bond donors (Lipinski definition) is 2. The highest BCUT2D eigenvalue weighted by Crippen LogP contribution is 2.36. The molecule has 3 aromatic heterocycles. The predicted octanol–water partition coefficient (Wildman–Crippen LogP) is 3.76. The maximum absolute atomic E-state index is 13.4. The van der Waals surface area contributed by atoms with Crippen LogP contribution >= 0.6 is 0 Å². The Balaban J connectivity index is 1.32. The Morgan fingerprint density at radius 2 is 1.90 bits per heavy atom. The molecule has 218 valence electrons. The molecule has 11 nitrogen and oxygen atoms in total. The number of carbonyl (C=O) groups excluding carboxylic acids is 1. The van der Waals surface area contributed by atoms with Gasteiger partial charge in [-0.2, -0.15) is 0 Å². The van der Waals surface area contributed by atoms with Crippen LogP contribution in [0.15, 0.2) is 53.7 Å². The highest BCUT2D eigenvalue weighted by Gasteiger charge is 2.26. The number of piperidine rings is 1. The second kappa shape index (κ2) is 11.8. The fourth-order valence-electron chi connectivity index (χ4n) is 5.22. The van der Waals surface area contributed by atoms with E-state index in [2.05, 4.69) is 32.5 Å². The number of nitrogens with zero attached hydrogens (tertiary/aromatic N) is 5. The van der Waals surface area contributed by atoms with Crippen LogP contribution in [0.25, 0.3) is 22.2 Å². The van der Waals surface area contributed by atoms with Gasteiger partial charge in [0.25, 0.3) is 11.5 Å². The number of ether oxygens (including phenoxy) is 2. The first-order valence-corrected chi connectivity index (χ1v) is 14.3. The topological polar surface area (TPSA) is 124 Å². The number of anilines is 2. The molecule has 2 fully saturated rings. The van der Waals surface area contributed by atoms with E-state index in [4.69, 9.17) is 14.5 Å². The van der Waals surface area contributed by atoms with Crippen LogP contribution < -0.4 is 25.7 Å². The Morgan fingerprint density at radius 1 is 1.10 bits per heavy atom. The van der Waals surface area contributed by atoms with Gasteiger partial charge in [-0.15, -0.1) is 0 Å². The third-order valence-electron chi connectivity index (χ3n) is 7.97. The van der Waals surface area contributed by atoms with E-state index in [0.29, 0.717) is 52.1 Å². The van der Waals surface area contributed by atoms with Crippen molar-refractivity contribution in [3.8, 4) is 22.6 Å². The van der Waals surface area contributed by atoms with Crippen LogP contribution in [0.1, 0.15) is 36.0 Å². The fraction of sp³-hybridized carbons (Fsp3) is 0.387. The second-order valence-electron chi connectivity index (χ2n) is 11.1. The minimum absolute atomic E-state index is 0.128. The number of aryl methyl sites for hydroxylation is 1. The van der Waals surface area contributed by atoms with Crippen LogP contribution in [-0.2, 0) is 7.05 Å². The zero-order valence-electron chi connectivity index (χ0n) is 24.1. The van der Waals surface area contributed by atoms with Gasteiger partial charge in [0.2, 0.25) is 5.95 Å². The Kier molecular flexibility index (Phi) is 7.75. The van der Waals surface area contributed by atoms with Crippen molar-refractivity contribution in [2.45, 2.75) is 31.7 Å². The number of nitrogens with one attached hydrogen (secondary N) is 2. The van der Waals surface area contributed by atoms with Crippen molar-refractivity contribution < 1.29 is 14.3 Å². The lowest BCUT2D eigenvalue weighted by molar-refractivity contribution is 0.0916. The standard InChI is InChI=1S/C31H35N7O4/c1-37-13-10-22(11-14-37)34-29(39)20-8-9-23(25(15-20)41-3)35-31-33-17-24-27(36-31)26(21-5-4-12-32-16-21)28(30(40)38(24)2)42-18-19-6-7-19/h4-5,8-9,12,15-17,19,22H,6-7,10-11,13-14,18H2,1-3H3,(H,34,39)(H,33,35,36). The molecule has 1 saturated heterocycles. The van der Waals surface area contributed by atoms with Crippen molar-refractivity contribution in [2.75, 3.05) is 39.2 Å².